The molecular weight excluding hydrogens is 448 g/mol. The molecule has 1 fully saturated rings. The molecule has 1 aromatic carbocycles. The van der Waals surface area contributed by atoms with Crippen molar-refractivity contribution in [2.45, 2.75) is 45.6 Å². The van der Waals surface area contributed by atoms with Crippen LogP contribution in [0.4, 0.5) is 5.00 Å². The minimum atomic E-state index is -3.11. The van der Waals surface area contributed by atoms with Gasteiger partial charge in [-0.2, -0.15) is 0 Å². The quantitative estimate of drug-likeness (QED) is 0.665. The molecule has 7 nitrogen and oxygen atoms in total. The zero-order valence-electron chi connectivity index (χ0n) is 18.3. The van der Waals surface area contributed by atoms with Gasteiger partial charge in [-0.15, -0.1) is 11.3 Å². The average molecular weight is 477 g/mol. The number of fused-ring (bicyclic) bond motifs is 1. The zero-order valence-corrected chi connectivity index (χ0v) is 19.9. The number of rotatable bonds is 6. The first kappa shape index (κ1) is 22.8. The van der Waals surface area contributed by atoms with Crippen LogP contribution in [0.25, 0.3) is 0 Å². The fourth-order valence-corrected chi connectivity index (χ4v) is 7.43. The van der Waals surface area contributed by atoms with Crippen molar-refractivity contribution < 1.29 is 22.7 Å². The summed E-state index contributed by atoms with van der Waals surface area (Å²) >= 11 is 1.44. The van der Waals surface area contributed by atoms with E-state index in [0.717, 1.165) is 29.7 Å². The molecule has 32 heavy (non-hydrogen) atoms. The normalized spacial score (nSPS) is 21.6. The van der Waals surface area contributed by atoms with Gasteiger partial charge >= 0.3 is 0 Å². The summed E-state index contributed by atoms with van der Waals surface area (Å²) in [7, 11) is -3.11. The highest BCUT2D eigenvalue weighted by Crippen LogP contribution is 2.40. The number of carbonyl (C=O) groups excluding carboxylic acids is 2. The van der Waals surface area contributed by atoms with Gasteiger partial charge in [0.15, 0.2) is 9.84 Å². The van der Waals surface area contributed by atoms with Crippen molar-refractivity contribution in [3.05, 3.63) is 45.8 Å². The van der Waals surface area contributed by atoms with Gasteiger partial charge in [-0.25, -0.2) is 8.42 Å². The van der Waals surface area contributed by atoms with E-state index in [1.165, 1.54) is 11.3 Å². The molecule has 1 aliphatic heterocycles. The summed E-state index contributed by atoms with van der Waals surface area (Å²) < 4.78 is 29.2. The molecule has 1 aliphatic carbocycles. The first-order chi connectivity index (χ1) is 15.3. The predicted molar refractivity (Wildman–Crippen MR) is 126 cm³/mol. The minimum Gasteiger partial charge on any atom is -0.493 e. The van der Waals surface area contributed by atoms with Crippen LogP contribution in [0, 0.1) is 5.92 Å². The van der Waals surface area contributed by atoms with Gasteiger partial charge in [-0.3, -0.25) is 9.59 Å². The first-order valence-electron chi connectivity index (χ1n) is 11.0. The Morgan fingerprint density at radius 1 is 1.19 bits per heavy atom. The van der Waals surface area contributed by atoms with Gasteiger partial charge in [-0.05, 0) is 56.2 Å². The molecule has 4 rings (SSSR count). The molecule has 9 heteroatoms. The van der Waals surface area contributed by atoms with Crippen molar-refractivity contribution >= 4 is 38.0 Å². The minimum absolute atomic E-state index is 0.0362. The van der Waals surface area contributed by atoms with E-state index in [4.69, 9.17) is 4.74 Å². The highest BCUT2D eigenvalue weighted by atomic mass is 32.2. The summed E-state index contributed by atoms with van der Waals surface area (Å²) in [5.41, 5.74) is 1.85. The number of amides is 2. The molecule has 0 radical (unpaired) electrons. The third kappa shape index (κ3) is 4.83. The maximum absolute atomic E-state index is 13.3. The number of thiophene rings is 1. The zero-order chi connectivity index (χ0) is 22.9. The van der Waals surface area contributed by atoms with Gasteiger partial charge in [0.2, 0.25) is 0 Å². The van der Waals surface area contributed by atoms with Crippen LogP contribution in [-0.2, 0) is 22.7 Å². The van der Waals surface area contributed by atoms with Gasteiger partial charge < -0.3 is 15.4 Å². The maximum atomic E-state index is 13.3. The fraction of sp³-hybridized carbons (Fsp3) is 0.478. The first-order valence-corrected chi connectivity index (χ1v) is 13.6. The van der Waals surface area contributed by atoms with E-state index in [1.807, 2.05) is 13.0 Å². The Hall–Kier alpha value is -2.39. The Morgan fingerprint density at radius 3 is 2.69 bits per heavy atom. The predicted octanol–water partition coefficient (Wildman–Crippen LogP) is 3.44. The molecule has 2 aliphatic rings. The Morgan fingerprint density at radius 2 is 1.97 bits per heavy atom. The Balaban J connectivity index is 1.63. The van der Waals surface area contributed by atoms with E-state index in [9.17, 15) is 18.0 Å². The van der Waals surface area contributed by atoms with Gasteiger partial charge in [0.25, 0.3) is 11.8 Å². The van der Waals surface area contributed by atoms with Crippen LogP contribution in [0.3, 0.4) is 0 Å². The second kappa shape index (κ2) is 9.23. The summed E-state index contributed by atoms with van der Waals surface area (Å²) in [5.74, 6) is 0.412. The number of hydrogen-bond donors (Lipinski definition) is 2. The number of carbonyl (C=O) groups is 2. The van der Waals surface area contributed by atoms with Gasteiger partial charge in [0.05, 0.1) is 29.2 Å². The molecule has 1 aromatic heterocycles. The summed E-state index contributed by atoms with van der Waals surface area (Å²) in [6, 6.07) is 6.62. The summed E-state index contributed by atoms with van der Waals surface area (Å²) in [6.07, 6.45) is 3.02. The topological polar surface area (TPSA) is 102 Å². The van der Waals surface area contributed by atoms with Crippen molar-refractivity contribution in [3.8, 4) is 5.75 Å². The van der Waals surface area contributed by atoms with E-state index >= 15 is 0 Å². The van der Waals surface area contributed by atoms with Crippen molar-refractivity contribution in [2.75, 3.05) is 23.4 Å². The number of benzene rings is 1. The van der Waals surface area contributed by atoms with Crippen LogP contribution < -0.4 is 15.4 Å². The van der Waals surface area contributed by atoms with Crippen molar-refractivity contribution in [1.82, 2.24) is 5.32 Å². The maximum Gasteiger partial charge on any atom is 0.260 e. The number of hydrogen-bond acceptors (Lipinski definition) is 6. The summed E-state index contributed by atoms with van der Waals surface area (Å²) in [6.45, 7) is 4.48. The van der Waals surface area contributed by atoms with E-state index < -0.39 is 15.9 Å². The van der Waals surface area contributed by atoms with Crippen LogP contribution in [0.1, 0.15) is 57.8 Å². The molecule has 2 heterocycles. The molecule has 2 amide bonds. The largest absolute Gasteiger partial charge is 0.493 e. The van der Waals surface area contributed by atoms with Crippen LogP contribution >= 0.6 is 11.3 Å². The van der Waals surface area contributed by atoms with E-state index in [-0.39, 0.29) is 23.3 Å². The summed E-state index contributed by atoms with van der Waals surface area (Å²) in [5, 5.41) is 6.35. The van der Waals surface area contributed by atoms with Crippen molar-refractivity contribution in [2.24, 2.45) is 5.92 Å². The third-order valence-corrected chi connectivity index (χ3v) is 8.90. The lowest BCUT2D eigenvalue weighted by Gasteiger charge is -2.19. The number of anilines is 1. The molecule has 2 N–H and O–H groups in total. The lowest BCUT2D eigenvalue weighted by atomic mass is 9.88. The number of sulfone groups is 1. The number of para-hydroxylation sites is 1. The summed E-state index contributed by atoms with van der Waals surface area (Å²) in [4.78, 5) is 27.5. The highest BCUT2D eigenvalue weighted by molar-refractivity contribution is 7.91. The molecular formula is C23H28N2O5S2. The molecule has 0 unspecified atom stereocenters. The van der Waals surface area contributed by atoms with Gasteiger partial charge in [-0.1, -0.05) is 19.1 Å². The van der Waals surface area contributed by atoms with Crippen LogP contribution in [0.15, 0.2) is 24.3 Å². The SMILES string of the molecule is CCOc1ccccc1C(=O)Nc1sc2c(c1C(=O)N[C@@H]1CCS(=O)(=O)C1)CC[C@@H](C)C2. The Labute approximate surface area is 192 Å². The fourth-order valence-electron chi connectivity index (χ4n) is 4.35. The molecule has 2 atom stereocenters. The van der Waals surface area contributed by atoms with Crippen molar-refractivity contribution in [3.63, 3.8) is 0 Å². The average Bonchev–Trinajstić information content (AvgIpc) is 3.26. The Kier molecular flexibility index (Phi) is 6.57. The smallest absolute Gasteiger partial charge is 0.260 e. The molecule has 0 saturated carbocycles. The van der Waals surface area contributed by atoms with E-state index in [0.29, 0.717) is 40.8 Å². The van der Waals surface area contributed by atoms with Crippen molar-refractivity contribution in [1.29, 1.82) is 0 Å². The van der Waals surface area contributed by atoms with Gasteiger partial charge in [0, 0.05) is 10.9 Å². The lowest BCUT2D eigenvalue weighted by molar-refractivity contribution is 0.0941. The van der Waals surface area contributed by atoms with Crippen LogP contribution in [-0.4, -0.2) is 44.4 Å². The molecule has 0 bridgehead atoms. The molecule has 2 aromatic rings. The standard InChI is InChI=1S/C23H28N2O5S2/c1-3-30-18-7-5-4-6-16(18)21(26)25-23-20(17-9-8-14(2)12-19(17)31-23)22(27)24-15-10-11-32(28,29)13-15/h4-7,14-15H,3,8-13H2,1-2H3,(H,24,27)(H,25,26)/t14-,15-/m1/s1. The van der Waals surface area contributed by atoms with Gasteiger partial charge in [0.1, 0.15) is 10.8 Å². The third-order valence-electron chi connectivity index (χ3n) is 5.96. The molecule has 0 spiro atoms. The van der Waals surface area contributed by atoms with Crippen LogP contribution in [0.5, 0.6) is 5.75 Å². The van der Waals surface area contributed by atoms with Crippen LogP contribution in [0.2, 0.25) is 0 Å². The molecule has 172 valence electrons. The molecule has 1 saturated heterocycles. The number of nitrogens with one attached hydrogen (secondary N) is 2. The number of ether oxygens (including phenoxy) is 1. The van der Waals surface area contributed by atoms with E-state index in [2.05, 4.69) is 17.6 Å². The lowest BCUT2D eigenvalue weighted by Crippen LogP contribution is -2.36. The second-order valence-corrected chi connectivity index (χ2v) is 11.8. The second-order valence-electron chi connectivity index (χ2n) is 8.51. The monoisotopic (exact) mass is 476 g/mol. The Bertz CT molecular complexity index is 1140. The highest BCUT2D eigenvalue weighted by Gasteiger charge is 2.33. The van der Waals surface area contributed by atoms with E-state index in [1.54, 1.807) is 18.2 Å².